The van der Waals surface area contributed by atoms with Crippen molar-refractivity contribution in [1.82, 2.24) is 5.32 Å². The van der Waals surface area contributed by atoms with Crippen LogP contribution in [0.2, 0.25) is 0 Å². The third-order valence-corrected chi connectivity index (χ3v) is 4.86. The maximum atomic E-state index is 12.0. The first-order chi connectivity index (χ1) is 11.0. The fourth-order valence-electron chi connectivity index (χ4n) is 1.95. The van der Waals surface area contributed by atoms with E-state index in [1.54, 1.807) is 23.5 Å². The number of aliphatic imine (C=N–C) groups is 1. The summed E-state index contributed by atoms with van der Waals surface area (Å²) in [5.41, 5.74) is 1.36. The molecular weight excluding hydrogens is 332 g/mol. The molecule has 1 aliphatic heterocycles. The maximum Gasteiger partial charge on any atom is 0.264 e. The van der Waals surface area contributed by atoms with Gasteiger partial charge in [0.2, 0.25) is 0 Å². The van der Waals surface area contributed by atoms with Gasteiger partial charge in [-0.3, -0.25) is 4.79 Å². The van der Waals surface area contributed by atoms with Crippen molar-refractivity contribution in [2.75, 3.05) is 0 Å². The molecule has 0 atom stereocenters. The molecule has 2 heterocycles. The smallest absolute Gasteiger partial charge is 0.264 e. The highest BCUT2D eigenvalue weighted by Gasteiger charge is 2.24. The molecule has 0 aliphatic carbocycles. The number of nitrogens with zero attached hydrogens (tertiary/aromatic N) is 1. The summed E-state index contributed by atoms with van der Waals surface area (Å²) in [7, 11) is 0. The van der Waals surface area contributed by atoms with E-state index in [0.717, 1.165) is 10.4 Å². The summed E-state index contributed by atoms with van der Waals surface area (Å²) in [6.07, 6.45) is 1.80. The number of nitrogens with one attached hydrogen (secondary N) is 1. The van der Waals surface area contributed by atoms with Crippen LogP contribution in [0.1, 0.15) is 20.8 Å². The van der Waals surface area contributed by atoms with Gasteiger partial charge in [0.1, 0.15) is 0 Å². The number of carbonyl (C=O) groups is 2. The SMILES string of the molecule is Cc1ccc(C(=O)[O-])cc1N=C1NC(=O)/C(=C\c2cccs2)S1. The van der Waals surface area contributed by atoms with Crippen LogP contribution in [0, 0.1) is 6.92 Å². The van der Waals surface area contributed by atoms with Crippen LogP contribution in [0.15, 0.2) is 45.6 Å². The maximum absolute atomic E-state index is 12.0. The van der Waals surface area contributed by atoms with Crippen LogP contribution in [-0.4, -0.2) is 17.0 Å². The fraction of sp³-hybridized carbons (Fsp3) is 0.0625. The average molecular weight is 343 g/mol. The van der Waals surface area contributed by atoms with E-state index in [-0.39, 0.29) is 11.5 Å². The van der Waals surface area contributed by atoms with Gasteiger partial charge < -0.3 is 15.2 Å². The van der Waals surface area contributed by atoms with Crippen LogP contribution in [0.5, 0.6) is 0 Å². The second-order valence-corrected chi connectivity index (χ2v) is 6.80. The highest BCUT2D eigenvalue weighted by atomic mass is 32.2. The Bertz CT molecular complexity index is 839. The van der Waals surface area contributed by atoms with Crippen LogP contribution >= 0.6 is 23.1 Å². The van der Waals surface area contributed by atoms with E-state index >= 15 is 0 Å². The topological polar surface area (TPSA) is 81.6 Å². The lowest BCUT2D eigenvalue weighted by atomic mass is 10.1. The quantitative estimate of drug-likeness (QED) is 0.867. The Hall–Kier alpha value is -2.38. The van der Waals surface area contributed by atoms with E-state index in [4.69, 9.17) is 0 Å². The molecule has 7 heteroatoms. The largest absolute Gasteiger partial charge is 0.545 e. The van der Waals surface area contributed by atoms with Gasteiger partial charge in [-0.1, -0.05) is 18.2 Å². The molecule has 5 nitrogen and oxygen atoms in total. The standard InChI is InChI=1S/C16H12N2O3S2/c1-9-4-5-10(15(20)21)7-12(9)17-16-18-14(19)13(23-16)8-11-3-2-6-22-11/h2-8H,1H3,(H,20,21)(H,17,18,19)/p-1/b13-8+. The molecule has 0 unspecified atom stereocenters. The average Bonchev–Trinajstić information content (AvgIpc) is 3.12. The molecule has 1 aromatic carbocycles. The zero-order valence-corrected chi connectivity index (χ0v) is 13.7. The van der Waals surface area contributed by atoms with Crippen molar-refractivity contribution in [2.24, 2.45) is 4.99 Å². The number of amides is 1. The molecule has 0 saturated carbocycles. The van der Waals surface area contributed by atoms with E-state index in [2.05, 4.69) is 10.3 Å². The van der Waals surface area contributed by atoms with Crippen molar-refractivity contribution < 1.29 is 14.7 Å². The number of rotatable bonds is 3. The van der Waals surface area contributed by atoms with Gasteiger partial charge in [0.25, 0.3) is 5.91 Å². The van der Waals surface area contributed by atoms with E-state index in [1.807, 2.05) is 24.4 Å². The number of aryl methyl sites for hydroxylation is 1. The molecule has 3 rings (SSSR count). The molecule has 1 aromatic heterocycles. The third-order valence-electron chi connectivity index (χ3n) is 3.13. The third kappa shape index (κ3) is 3.52. The van der Waals surface area contributed by atoms with Crippen LogP contribution in [0.3, 0.4) is 0 Å². The minimum atomic E-state index is -1.26. The van der Waals surface area contributed by atoms with Crippen LogP contribution in [-0.2, 0) is 4.79 Å². The van der Waals surface area contributed by atoms with Gasteiger partial charge in [0.15, 0.2) is 5.17 Å². The molecule has 1 aliphatic rings. The lowest BCUT2D eigenvalue weighted by Gasteiger charge is -2.06. The second kappa shape index (κ2) is 6.39. The van der Waals surface area contributed by atoms with Gasteiger partial charge in [0, 0.05) is 4.88 Å². The van der Waals surface area contributed by atoms with Crippen molar-refractivity contribution in [3.63, 3.8) is 0 Å². The van der Waals surface area contributed by atoms with Crippen molar-refractivity contribution in [2.45, 2.75) is 6.92 Å². The summed E-state index contributed by atoms with van der Waals surface area (Å²) >= 11 is 2.77. The molecule has 1 saturated heterocycles. The summed E-state index contributed by atoms with van der Waals surface area (Å²) in [6, 6.07) is 8.41. The highest BCUT2D eigenvalue weighted by Crippen LogP contribution is 2.30. The van der Waals surface area contributed by atoms with Crippen molar-refractivity contribution in [3.05, 3.63) is 56.6 Å². The Morgan fingerprint density at radius 2 is 2.17 bits per heavy atom. The number of thiophene rings is 1. The van der Waals surface area contributed by atoms with E-state index in [9.17, 15) is 14.7 Å². The molecule has 0 bridgehead atoms. The van der Waals surface area contributed by atoms with Gasteiger partial charge in [-0.25, -0.2) is 4.99 Å². The van der Waals surface area contributed by atoms with Crippen LogP contribution in [0.4, 0.5) is 5.69 Å². The monoisotopic (exact) mass is 343 g/mol. The summed E-state index contributed by atoms with van der Waals surface area (Å²) in [4.78, 5) is 28.8. The number of amidine groups is 1. The molecule has 1 N–H and O–H groups in total. The number of carboxylic acids is 1. The number of carbonyl (C=O) groups excluding carboxylic acids is 2. The molecule has 116 valence electrons. The number of hydrogen-bond acceptors (Lipinski definition) is 6. The van der Waals surface area contributed by atoms with Crippen LogP contribution in [0.25, 0.3) is 6.08 Å². The Balaban J connectivity index is 1.89. The van der Waals surface area contributed by atoms with E-state index in [1.165, 1.54) is 23.9 Å². The van der Waals surface area contributed by atoms with Gasteiger partial charge in [-0.15, -0.1) is 11.3 Å². The van der Waals surface area contributed by atoms with E-state index < -0.39 is 5.97 Å². The summed E-state index contributed by atoms with van der Waals surface area (Å²) in [5.74, 6) is -1.47. The number of thioether (sulfide) groups is 1. The first-order valence-electron chi connectivity index (χ1n) is 6.68. The normalized spacial score (nSPS) is 17.7. The Kier molecular flexibility index (Phi) is 4.31. The molecule has 1 fully saturated rings. The highest BCUT2D eigenvalue weighted by molar-refractivity contribution is 8.18. The van der Waals surface area contributed by atoms with Gasteiger partial charge in [-0.2, -0.15) is 0 Å². The summed E-state index contributed by atoms with van der Waals surface area (Å²) in [5, 5.41) is 16.0. The Labute approximate surface area is 140 Å². The Morgan fingerprint density at radius 1 is 1.35 bits per heavy atom. The lowest BCUT2D eigenvalue weighted by molar-refractivity contribution is -0.255. The van der Waals surface area contributed by atoms with E-state index in [0.29, 0.717) is 15.8 Å². The number of benzene rings is 1. The number of aromatic carboxylic acids is 1. The predicted molar refractivity (Wildman–Crippen MR) is 90.6 cm³/mol. The molecule has 0 spiro atoms. The lowest BCUT2D eigenvalue weighted by Crippen LogP contribution is -2.22. The summed E-state index contributed by atoms with van der Waals surface area (Å²) in [6.45, 7) is 1.82. The van der Waals surface area contributed by atoms with Crippen LogP contribution < -0.4 is 10.4 Å². The van der Waals surface area contributed by atoms with Crippen molar-refractivity contribution >= 4 is 51.9 Å². The zero-order valence-electron chi connectivity index (χ0n) is 12.0. The van der Waals surface area contributed by atoms with Crippen molar-refractivity contribution in [1.29, 1.82) is 0 Å². The van der Waals surface area contributed by atoms with Gasteiger partial charge in [-0.05, 0) is 53.4 Å². The minimum absolute atomic E-state index is 0.0543. The number of carboxylic acid groups (broad SMARTS) is 1. The molecule has 0 radical (unpaired) electrons. The zero-order chi connectivity index (χ0) is 16.4. The van der Waals surface area contributed by atoms with Gasteiger partial charge in [0.05, 0.1) is 16.6 Å². The first-order valence-corrected chi connectivity index (χ1v) is 8.37. The second-order valence-electron chi connectivity index (χ2n) is 4.79. The van der Waals surface area contributed by atoms with Crippen molar-refractivity contribution in [3.8, 4) is 0 Å². The predicted octanol–water partition coefficient (Wildman–Crippen LogP) is 2.31. The molecule has 1 amide bonds. The number of hydrogen-bond donors (Lipinski definition) is 1. The molecule has 2 aromatic rings. The summed E-state index contributed by atoms with van der Waals surface area (Å²) < 4.78 is 0. The molecule has 23 heavy (non-hydrogen) atoms. The first kappa shape index (κ1) is 15.5. The molecular formula is C16H11N2O3S2-. The van der Waals surface area contributed by atoms with Gasteiger partial charge >= 0.3 is 0 Å². The fourth-order valence-corrected chi connectivity index (χ4v) is 3.51. The minimum Gasteiger partial charge on any atom is -0.545 e. The Morgan fingerprint density at radius 3 is 2.87 bits per heavy atom.